The summed E-state index contributed by atoms with van der Waals surface area (Å²) in [5.74, 6) is -0.0826. The van der Waals surface area contributed by atoms with E-state index in [9.17, 15) is 13.2 Å². The van der Waals surface area contributed by atoms with Gasteiger partial charge >= 0.3 is 0 Å². The van der Waals surface area contributed by atoms with E-state index < -0.39 is 10.0 Å². The zero-order valence-electron chi connectivity index (χ0n) is 21.9. The van der Waals surface area contributed by atoms with Crippen LogP contribution < -0.4 is 4.90 Å². The third-order valence-electron chi connectivity index (χ3n) is 7.12. The van der Waals surface area contributed by atoms with Crippen molar-refractivity contribution in [2.75, 3.05) is 37.6 Å². The van der Waals surface area contributed by atoms with Crippen molar-refractivity contribution in [3.8, 4) is 0 Å². The number of piperazine rings is 1. The maximum atomic E-state index is 13.2. The Hall–Kier alpha value is -3.27. The summed E-state index contributed by atoms with van der Waals surface area (Å²) in [7, 11) is -3.68. The molecule has 0 unspecified atom stereocenters. The minimum atomic E-state index is -3.68. The minimum absolute atomic E-state index is 0.0826. The number of anilines is 1. The highest BCUT2D eigenvalue weighted by molar-refractivity contribution is 7.89. The van der Waals surface area contributed by atoms with Gasteiger partial charge in [0.1, 0.15) is 0 Å². The molecule has 1 fully saturated rings. The predicted molar refractivity (Wildman–Crippen MR) is 153 cm³/mol. The lowest BCUT2D eigenvalue weighted by atomic mass is 10.1. The number of thiazole rings is 1. The van der Waals surface area contributed by atoms with Gasteiger partial charge in [-0.1, -0.05) is 48.6 Å². The lowest BCUT2D eigenvalue weighted by Gasteiger charge is -2.34. The molecule has 0 N–H and O–H groups in total. The molecule has 2 heterocycles. The van der Waals surface area contributed by atoms with Crippen LogP contribution in [0.15, 0.2) is 71.6 Å². The van der Waals surface area contributed by atoms with Crippen LogP contribution in [0.4, 0.5) is 5.13 Å². The Balaban J connectivity index is 1.23. The molecule has 0 aliphatic carbocycles. The van der Waals surface area contributed by atoms with Crippen LogP contribution in [0.5, 0.6) is 0 Å². The fraction of sp³-hybridized carbons (Fsp3) is 0.310. The Morgan fingerprint density at radius 1 is 0.947 bits per heavy atom. The summed E-state index contributed by atoms with van der Waals surface area (Å²) >= 11 is 1.69. The molecule has 0 saturated carbocycles. The number of nitrogens with zero attached hydrogens (tertiary/aromatic N) is 4. The number of carbonyl (C=O) groups excluding carboxylic acids is 1. The Labute approximate surface area is 228 Å². The largest absolute Gasteiger partial charge is 0.345 e. The zero-order chi connectivity index (χ0) is 26.9. The van der Waals surface area contributed by atoms with Crippen molar-refractivity contribution in [2.45, 2.75) is 32.2 Å². The van der Waals surface area contributed by atoms with Crippen LogP contribution in [0.2, 0.25) is 0 Å². The Kier molecular flexibility index (Phi) is 7.52. The number of carbonyl (C=O) groups is 1. The molecule has 1 aliphatic heterocycles. The highest BCUT2D eigenvalue weighted by atomic mass is 32.2. The summed E-state index contributed by atoms with van der Waals surface area (Å²) < 4.78 is 29.1. The normalized spacial score (nSPS) is 14.4. The van der Waals surface area contributed by atoms with E-state index in [1.807, 2.05) is 42.2 Å². The molecule has 38 heavy (non-hydrogen) atoms. The van der Waals surface area contributed by atoms with Crippen molar-refractivity contribution in [2.24, 2.45) is 0 Å². The standard InChI is InChI=1S/C29H32N4O3S2/c1-4-33(20-23-8-6-5-7-9-23)38(35,36)25-12-10-24(11-13-25)28(34)31-14-16-32(17-15-31)29-30-26-18-21(2)22(3)19-27(26)37-29/h5-13,18-19H,4,14-17,20H2,1-3H3. The zero-order valence-corrected chi connectivity index (χ0v) is 23.6. The summed E-state index contributed by atoms with van der Waals surface area (Å²) in [5.41, 5.74) is 4.95. The quantitative estimate of drug-likeness (QED) is 0.322. The van der Waals surface area contributed by atoms with Crippen LogP contribution in [0.3, 0.4) is 0 Å². The van der Waals surface area contributed by atoms with E-state index in [0.717, 1.165) is 16.2 Å². The van der Waals surface area contributed by atoms with Gasteiger partial charge in [-0.25, -0.2) is 13.4 Å². The average molecular weight is 549 g/mol. The molecule has 1 aliphatic rings. The smallest absolute Gasteiger partial charge is 0.253 e. The minimum Gasteiger partial charge on any atom is -0.345 e. The SMILES string of the molecule is CCN(Cc1ccccc1)S(=O)(=O)c1ccc(C(=O)N2CCN(c3nc4cc(C)c(C)cc4s3)CC2)cc1. The molecule has 1 amide bonds. The highest BCUT2D eigenvalue weighted by Gasteiger charge is 2.26. The van der Waals surface area contributed by atoms with Gasteiger partial charge in [-0.15, -0.1) is 0 Å². The van der Waals surface area contributed by atoms with Gasteiger partial charge in [-0.05, 0) is 66.9 Å². The Bertz CT molecular complexity index is 1500. The number of aromatic nitrogens is 1. The number of sulfonamides is 1. The lowest BCUT2D eigenvalue weighted by molar-refractivity contribution is 0.0746. The fourth-order valence-corrected chi connectivity index (χ4v) is 7.19. The van der Waals surface area contributed by atoms with Crippen LogP contribution in [0, 0.1) is 13.8 Å². The van der Waals surface area contributed by atoms with Gasteiger partial charge in [0.2, 0.25) is 10.0 Å². The molecule has 5 rings (SSSR count). The summed E-state index contributed by atoms with van der Waals surface area (Å²) in [4.78, 5) is 22.3. The Morgan fingerprint density at radius 2 is 1.61 bits per heavy atom. The highest BCUT2D eigenvalue weighted by Crippen LogP contribution is 2.31. The van der Waals surface area contributed by atoms with Crippen molar-refractivity contribution in [3.63, 3.8) is 0 Å². The van der Waals surface area contributed by atoms with Crippen molar-refractivity contribution in [1.29, 1.82) is 0 Å². The Morgan fingerprint density at radius 3 is 2.26 bits per heavy atom. The first-order valence-electron chi connectivity index (χ1n) is 12.8. The third-order valence-corrected chi connectivity index (χ3v) is 10.1. The molecule has 0 spiro atoms. The molecule has 1 aromatic heterocycles. The molecule has 3 aromatic carbocycles. The molecule has 7 nitrogen and oxygen atoms in total. The molecule has 4 aromatic rings. The second-order valence-corrected chi connectivity index (χ2v) is 12.6. The van der Waals surface area contributed by atoms with Gasteiger partial charge in [0.25, 0.3) is 5.91 Å². The first kappa shape index (κ1) is 26.3. The molecular weight excluding hydrogens is 516 g/mol. The summed E-state index contributed by atoms with van der Waals surface area (Å²) in [5, 5.41) is 0.989. The van der Waals surface area contributed by atoms with E-state index in [1.165, 1.54) is 32.3 Å². The van der Waals surface area contributed by atoms with Crippen molar-refractivity contribution < 1.29 is 13.2 Å². The molecule has 0 radical (unpaired) electrons. The number of aryl methyl sites for hydroxylation is 2. The van der Waals surface area contributed by atoms with Gasteiger partial charge in [0, 0.05) is 44.8 Å². The van der Waals surface area contributed by atoms with Crippen LogP contribution in [0.1, 0.15) is 34.0 Å². The maximum Gasteiger partial charge on any atom is 0.253 e. The van der Waals surface area contributed by atoms with Gasteiger partial charge < -0.3 is 9.80 Å². The molecule has 9 heteroatoms. The first-order chi connectivity index (χ1) is 18.3. The van der Waals surface area contributed by atoms with Gasteiger partial charge in [-0.3, -0.25) is 4.79 Å². The van der Waals surface area contributed by atoms with Crippen LogP contribution in [-0.2, 0) is 16.6 Å². The van der Waals surface area contributed by atoms with Gasteiger partial charge in [0.05, 0.1) is 15.1 Å². The van der Waals surface area contributed by atoms with Crippen LogP contribution in [0.25, 0.3) is 10.2 Å². The summed E-state index contributed by atoms with van der Waals surface area (Å²) in [6.45, 7) is 9.31. The van der Waals surface area contributed by atoms with E-state index in [1.54, 1.807) is 23.5 Å². The second kappa shape index (κ2) is 10.8. The first-order valence-corrected chi connectivity index (χ1v) is 15.1. The van der Waals surface area contributed by atoms with Crippen molar-refractivity contribution in [3.05, 3.63) is 89.0 Å². The maximum absolute atomic E-state index is 13.2. The summed E-state index contributed by atoms with van der Waals surface area (Å²) in [6, 6.07) is 20.2. The van der Waals surface area contributed by atoms with E-state index in [0.29, 0.717) is 44.8 Å². The molecule has 198 valence electrons. The summed E-state index contributed by atoms with van der Waals surface area (Å²) in [6.07, 6.45) is 0. The number of fused-ring (bicyclic) bond motifs is 1. The van der Waals surface area contributed by atoms with E-state index in [-0.39, 0.29) is 10.8 Å². The number of rotatable bonds is 7. The number of amides is 1. The van der Waals surface area contributed by atoms with Gasteiger partial charge in [0.15, 0.2) is 5.13 Å². The predicted octanol–water partition coefficient (Wildman–Crippen LogP) is 5.09. The van der Waals surface area contributed by atoms with Crippen molar-refractivity contribution in [1.82, 2.24) is 14.2 Å². The fourth-order valence-electron chi connectivity index (χ4n) is 4.66. The molecule has 0 bridgehead atoms. The topological polar surface area (TPSA) is 73.8 Å². The number of hydrogen-bond donors (Lipinski definition) is 0. The van der Waals surface area contributed by atoms with Crippen LogP contribution in [-0.4, -0.2) is 61.2 Å². The van der Waals surface area contributed by atoms with E-state index >= 15 is 0 Å². The molecular formula is C29H32N4O3S2. The van der Waals surface area contributed by atoms with Crippen LogP contribution >= 0.6 is 11.3 Å². The average Bonchev–Trinajstić information content (AvgIpc) is 3.34. The third kappa shape index (κ3) is 5.32. The van der Waals surface area contributed by atoms with Gasteiger partial charge in [-0.2, -0.15) is 4.31 Å². The second-order valence-electron chi connectivity index (χ2n) is 9.62. The monoisotopic (exact) mass is 548 g/mol. The number of benzene rings is 3. The number of hydrogen-bond acceptors (Lipinski definition) is 6. The van der Waals surface area contributed by atoms with E-state index in [4.69, 9.17) is 4.98 Å². The molecule has 1 saturated heterocycles. The molecule has 0 atom stereocenters. The van der Waals surface area contributed by atoms with E-state index in [2.05, 4.69) is 30.9 Å². The lowest BCUT2D eigenvalue weighted by Crippen LogP contribution is -2.48. The van der Waals surface area contributed by atoms with Crippen molar-refractivity contribution >= 4 is 42.6 Å².